The first kappa shape index (κ1) is 11.4. The maximum absolute atomic E-state index is 10.8. The zero-order valence-corrected chi connectivity index (χ0v) is 9.61. The zero-order chi connectivity index (χ0) is 12.3. The van der Waals surface area contributed by atoms with Crippen molar-refractivity contribution in [3.63, 3.8) is 0 Å². The molecule has 5 heteroatoms. The van der Waals surface area contributed by atoms with Crippen LogP contribution in [0.15, 0.2) is 42.6 Å². The summed E-state index contributed by atoms with van der Waals surface area (Å²) in [7, 11) is 0. The quantitative estimate of drug-likeness (QED) is 0.857. The first-order valence-electron chi connectivity index (χ1n) is 4.94. The predicted octanol–water partition coefficient (Wildman–Crippen LogP) is 2.89. The molecule has 3 N–H and O–H groups in total. The van der Waals surface area contributed by atoms with Gasteiger partial charge in [0.2, 0.25) is 0 Å². The second-order valence-electron chi connectivity index (χ2n) is 3.40. The van der Waals surface area contributed by atoms with Crippen molar-refractivity contribution in [3.8, 4) is 11.3 Å². The Balaban J connectivity index is 2.43. The van der Waals surface area contributed by atoms with E-state index in [1.807, 2.05) is 18.2 Å². The van der Waals surface area contributed by atoms with Crippen LogP contribution in [0.4, 0.5) is 10.5 Å². The van der Waals surface area contributed by atoms with E-state index in [9.17, 15) is 4.79 Å². The number of nitrogens with two attached hydrogens (primary N) is 1. The van der Waals surface area contributed by atoms with E-state index in [0.717, 1.165) is 11.3 Å². The van der Waals surface area contributed by atoms with Gasteiger partial charge in [0.05, 0.1) is 10.7 Å². The van der Waals surface area contributed by atoms with E-state index < -0.39 is 6.03 Å². The van der Waals surface area contributed by atoms with Crippen LogP contribution >= 0.6 is 11.6 Å². The second kappa shape index (κ2) is 4.84. The van der Waals surface area contributed by atoms with Crippen LogP contribution in [-0.4, -0.2) is 11.0 Å². The van der Waals surface area contributed by atoms with Gasteiger partial charge in [-0.25, -0.2) is 4.79 Å². The minimum absolute atomic E-state index is 0.568. The third-order valence-corrected chi connectivity index (χ3v) is 2.50. The van der Waals surface area contributed by atoms with Gasteiger partial charge in [-0.05, 0) is 30.3 Å². The molecule has 0 atom stereocenters. The van der Waals surface area contributed by atoms with Crippen molar-refractivity contribution >= 4 is 23.3 Å². The topological polar surface area (TPSA) is 68.0 Å². The molecule has 2 aromatic rings. The molecule has 2 rings (SSSR count). The fourth-order valence-electron chi connectivity index (χ4n) is 1.46. The number of urea groups is 1. The molecule has 0 aliphatic rings. The Labute approximate surface area is 103 Å². The predicted molar refractivity (Wildman–Crippen MR) is 67.9 cm³/mol. The molecule has 0 saturated carbocycles. The lowest BCUT2D eigenvalue weighted by Crippen LogP contribution is -2.19. The maximum Gasteiger partial charge on any atom is 0.316 e. The van der Waals surface area contributed by atoms with Crippen LogP contribution < -0.4 is 11.1 Å². The summed E-state index contributed by atoms with van der Waals surface area (Å²) < 4.78 is 0. The van der Waals surface area contributed by atoms with E-state index in [0.29, 0.717) is 10.7 Å². The summed E-state index contributed by atoms with van der Waals surface area (Å²) >= 11 is 6.08. The van der Waals surface area contributed by atoms with Crippen LogP contribution in [0.2, 0.25) is 5.02 Å². The van der Waals surface area contributed by atoms with Crippen LogP contribution in [0.1, 0.15) is 0 Å². The average Bonchev–Trinajstić information content (AvgIpc) is 2.32. The largest absolute Gasteiger partial charge is 0.351 e. The maximum atomic E-state index is 10.8. The SMILES string of the molecule is NC(=O)Nc1ccc(Cl)c(-c2ccccn2)c1. The number of benzene rings is 1. The summed E-state index contributed by atoms with van der Waals surface area (Å²) in [6.45, 7) is 0. The van der Waals surface area contributed by atoms with Crippen LogP contribution in [0.5, 0.6) is 0 Å². The first-order chi connectivity index (χ1) is 8.16. The molecule has 17 heavy (non-hydrogen) atoms. The highest BCUT2D eigenvalue weighted by Crippen LogP contribution is 2.28. The van der Waals surface area contributed by atoms with Gasteiger partial charge in [0.25, 0.3) is 0 Å². The smallest absolute Gasteiger partial charge is 0.316 e. The van der Waals surface area contributed by atoms with Crippen molar-refractivity contribution in [2.24, 2.45) is 5.73 Å². The van der Waals surface area contributed by atoms with E-state index >= 15 is 0 Å². The Morgan fingerprint density at radius 3 is 2.76 bits per heavy atom. The number of primary amides is 1. The Morgan fingerprint density at radius 1 is 1.29 bits per heavy atom. The summed E-state index contributed by atoms with van der Waals surface area (Å²) in [5.41, 5.74) is 7.13. The van der Waals surface area contributed by atoms with Crippen molar-refractivity contribution in [3.05, 3.63) is 47.6 Å². The van der Waals surface area contributed by atoms with E-state index in [1.165, 1.54) is 0 Å². The number of hydrogen-bond acceptors (Lipinski definition) is 2. The summed E-state index contributed by atoms with van der Waals surface area (Å²) in [6.07, 6.45) is 1.68. The standard InChI is InChI=1S/C12H10ClN3O/c13-10-5-4-8(16-12(14)17)7-9(10)11-3-1-2-6-15-11/h1-7H,(H3,14,16,17). The average molecular weight is 248 g/mol. The van der Waals surface area contributed by atoms with Gasteiger partial charge in [0, 0.05) is 17.4 Å². The number of aromatic nitrogens is 1. The first-order valence-corrected chi connectivity index (χ1v) is 5.32. The molecule has 86 valence electrons. The normalized spacial score (nSPS) is 9.94. The van der Waals surface area contributed by atoms with E-state index in [1.54, 1.807) is 24.4 Å². The lowest BCUT2D eigenvalue weighted by Gasteiger charge is -2.07. The van der Waals surface area contributed by atoms with Crippen molar-refractivity contribution < 1.29 is 4.79 Å². The number of rotatable bonds is 2. The van der Waals surface area contributed by atoms with Crippen LogP contribution in [0.3, 0.4) is 0 Å². The molecule has 1 aromatic heterocycles. The molecule has 1 aromatic carbocycles. The molecule has 2 amide bonds. The summed E-state index contributed by atoms with van der Waals surface area (Å²) in [4.78, 5) is 15.0. The number of nitrogens with one attached hydrogen (secondary N) is 1. The number of amides is 2. The number of carbonyl (C=O) groups excluding carboxylic acids is 1. The molecule has 0 unspecified atom stereocenters. The van der Waals surface area contributed by atoms with Crippen molar-refractivity contribution in [1.29, 1.82) is 0 Å². The Kier molecular flexibility index (Phi) is 3.25. The fraction of sp³-hybridized carbons (Fsp3) is 0. The lowest BCUT2D eigenvalue weighted by atomic mass is 10.1. The minimum atomic E-state index is -0.612. The summed E-state index contributed by atoms with van der Waals surface area (Å²) in [5, 5.41) is 3.06. The van der Waals surface area contributed by atoms with Crippen molar-refractivity contribution in [2.45, 2.75) is 0 Å². The molecule has 0 spiro atoms. The van der Waals surface area contributed by atoms with Gasteiger partial charge < -0.3 is 11.1 Å². The van der Waals surface area contributed by atoms with Crippen molar-refractivity contribution in [2.75, 3.05) is 5.32 Å². The Morgan fingerprint density at radius 2 is 2.12 bits per heavy atom. The molecular weight excluding hydrogens is 238 g/mol. The summed E-state index contributed by atoms with van der Waals surface area (Å²) in [6, 6.07) is 10.0. The third kappa shape index (κ3) is 2.73. The van der Waals surface area contributed by atoms with Gasteiger partial charge in [-0.2, -0.15) is 0 Å². The van der Waals surface area contributed by atoms with Crippen molar-refractivity contribution in [1.82, 2.24) is 4.98 Å². The Hall–Kier alpha value is -2.07. The number of pyridine rings is 1. The molecule has 0 aliphatic heterocycles. The summed E-state index contributed by atoms with van der Waals surface area (Å²) in [5.74, 6) is 0. The number of anilines is 1. The van der Waals surface area contributed by atoms with Gasteiger partial charge in [-0.15, -0.1) is 0 Å². The van der Waals surface area contributed by atoms with Gasteiger partial charge in [0.15, 0.2) is 0 Å². The molecule has 1 heterocycles. The fourth-order valence-corrected chi connectivity index (χ4v) is 1.68. The molecule has 0 bridgehead atoms. The minimum Gasteiger partial charge on any atom is -0.351 e. The monoisotopic (exact) mass is 247 g/mol. The lowest BCUT2D eigenvalue weighted by molar-refractivity contribution is 0.259. The van der Waals surface area contributed by atoms with Crippen LogP contribution in [0, 0.1) is 0 Å². The molecule has 0 fully saturated rings. The highest BCUT2D eigenvalue weighted by Gasteiger charge is 2.06. The van der Waals surface area contributed by atoms with Gasteiger partial charge in [-0.1, -0.05) is 17.7 Å². The molecule has 0 aliphatic carbocycles. The Bertz CT molecular complexity index is 543. The molecule has 0 radical (unpaired) electrons. The van der Waals surface area contributed by atoms with Gasteiger partial charge in [0.1, 0.15) is 0 Å². The second-order valence-corrected chi connectivity index (χ2v) is 3.81. The van der Waals surface area contributed by atoms with E-state index in [-0.39, 0.29) is 0 Å². The number of hydrogen-bond donors (Lipinski definition) is 2. The highest BCUT2D eigenvalue weighted by molar-refractivity contribution is 6.33. The number of nitrogens with zero attached hydrogens (tertiary/aromatic N) is 1. The van der Waals surface area contributed by atoms with E-state index in [4.69, 9.17) is 17.3 Å². The number of halogens is 1. The zero-order valence-electron chi connectivity index (χ0n) is 8.85. The van der Waals surface area contributed by atoms with E-state index in [2.05, 4.69) is 10.3 Å². The molecular formula is C12H10ClN3O. The number of carbonyl (C=O) groups is 1. The molecule has 4 nitrogen and oxygen atoms in total. The van der Waals surface area contributed by atoms with Crippen LogP contribution in [0.25, 0.3) is 11.3 Å². The van der Waals surface area contributed by atoms with Gasteiger partial charge in [-0.3, -0.25) is 4.98 Å². The van der Waals surface area contributed by atoms with Gasteiger partial charge >= 0.3 is 6.03 Å². The van der Waals surface area contributed by atoms with Crippen LogP contribution in [-0.2, 0) is 0 Å². The highest BCUT2D eigenvalue weighted by atomic mass is 35.5. The molecule has 0 saturated heterocycles. The third-order valence-electron chi connectivity index (χ3n) is 2.17.